The predicted octanol–water partition coefficient (Wildman–Crippen LogP) is 16.1. The number of aryl methyl sites for hydroxylation is 4. The minimum atomic E-state index is -0.628. The molecule has 6 aliphatic carbocycles. The van der Waals surface area contributed by atoms with Crippen LogP contribution in [-0.4, -0.2) is 0 Å². The maximum atomic E-state index is 7.47. The SMILES string of the molecule is Cc1ccc(-c2ccc3c(c2)C2(c4ccccc4Oc4c(-c5cc(C)cc6c5-c5ccc(C)cc5C65C6CC7CC(C6)CC5C7)cccc42)c2cc(-c4ccc(C)cc4)ccc2-3)cc1. The van der Waals surface area contributed by atoms with E-state index in [1.54, 1.807) is 11.1 Å². The second kappa shape index (κ2) is 13.1. The summed E-state index contributed by atoms with van der Waals surface area (Å²) in [5.41, 5.74) is 25.9. The van der Waals surface area contributed by atoms with E-state index in [1.165, 1.54) is 132 Å². The third-order valence-electron chi connectivity index (χ3n) is 17.2. The van der Waals surface area contributed by atoms with Crippen LogP contribution in [-0.2, 0) is 10.8 Å². The minimum absolute atomic E-state index is 0.0799. The molecule has 0 radical (unpaired) electrons. The van der Waals surface area contributed by atoms with Crippen molar-refractivity contribution in [3.63, 3.8) is 0 Å². The van der Waals surface area contributed by atoms with Gasteiger partial charge in [0.15, 0.2) is 0 Å². The van der Waals surface area contributed by atoms with Gasteiger partial charge in [-0.3, -0.25) is 0 Å². The lowest BCUT2D eigenvalue weighted by molar-refractivity contribution is -0.0399. The Morgan fingerprint density at radius 1 is 0.375 bits per heavy atom. The van der Waals surface area contributed by atoms with E-state index in [2.05, 4.69) is 185 Å². The predicted molar refractivity (Wildman–Crippen MR) is 262 cm³/mol. The Balaban J connectivity index is 1.06. The van der Waals surface area contributed by atoms with Gasteiger partial charge in [-0.2, -0.15) is 0 Å². The first kappa shape index (κ1) is 37.0. The van der Waals surface area contributed by atoms with E-state index in [1.807, 2.05) is 0 Å². The van der Waals surface area contributed by atoms with Gasteiger partial charge in [-0.1, -0.05) is 162 Å². The average molecular weight is 825 g/mol. The van der Waals surface area contributed by atoms with Crippen LogP contribution in [0.1, 0.15) is 87.7 Å². The molecule has 0 atom stereocenters. The molecule has 1 nitrogen and oxygen atoms in total. The largest absolute Gasteiger partial charge is 0.456 e. The zero-order chi connectivity index (χ0) is 42.6. The van der Waals surface area contributed by atoms with Gasteiger partial charge in [0.05, 0.1) is 5.41 Å². The molecule has 310 valence electrons. The van der Waals surface area contributed by atoms with E-state index in [4.69, 9.17) is 4.74 Å². The first-order chi connectivity index (χ1) is 31.3. The Labute approximate surface area is 377 Å². The van der Waals surface area contributed by atoms with Gasteiger partial charge in [-0.25, -0.2) is 0 Å². The summed E-state index contributed by atoms with van der Waals surface area (Å²) < 4.78 is 7.47. The topological polar surface area (TPSA) is 9.23 Å². The molecule has 4 fully saturated rings. The number of ether oxygens (including phenoxy) is 1. The van der Waals surface area contributed by atoms with E-state index in [9.17, 15) is 0 Å². The number of rotatable bonds is 3. The molecule has 0 unspecified atom stereocenters. The van der Waals surface area contributed by atoms with Gasteiger partial charge >= 0.3 is 0 Å². The third-order valence-corrected chi connectivity index (χ3v) is 17.2. The second-order valence-corrected chi connectivity index (χ2v) is 20.7. The quantitative estimate of drug-likeness (QED) is 0.172. The molecule has 1 heteroatoms. The number of hydrogen-bond acceptors (Lipinski definition) is 1. The minimum Gasteiger partial charge on any atom is -0.456 e. The van der Waals surface area contributed by atoms with Crippen LogP contribution in [0.4, 0.5) is 0 Å². The van der Waals surface area contributed by atoms with Crippen molar-refractivity contribution in [3.8, 4) is 67.1 Å². The van der Waals surface area contributed by atoms with Crippen LogP contribution in [0.2, 0.25) is 0 Å². The highest BCUT2D eigenvalue weighted by atomic mass is 16.5. The molecule has 7 aliphatic rings. The Morgan fingerprint density at radius 2 is 0.922 bits per heavy atom. The summed E-state index contributed by atoms with van der Waals surface area (Å²) in [6.45, 7) is 8.99. The number of fused-ring (bicyclic) bond motifs is 12. The maximum Gasteiger partial charge on any atom is 0.140 e. The van der Waals surface area contributed by atoms with Crippen LogP contribution >= 0.6 is 0 Å². The van der Waals surface area contributed by atoms with Crippen molar-refractivity contribution in [2.75, 3.05) is 0 Å². The lowest BCUT2D eigenvalue weighted by Crippen LogP contribution is -2.55. The molecule has 0 saturated heterocycles. The van der Waals surface area contributed by atoms with Crippen LogP contribution < -0.4 is 4.74 Å². The van der Waals surface area contributed by atoms with Crippen molar-refractivity contribution >= 4 is 0 Å². The van der Waals surface area contributed by atoms with Crippen LogP contribution in [0, 0.1) is 51.4 Å². The van der Waals surface area contributed by atoms with Gasteiger partial charge < -0.3 is 4.74 Å². The molecule has 4 saturated carbocycles. The molecule has 4 bridgehead atoms. The third kappa shape index (κ3) is 4.80. The summed E-state index contributed by atoms with van der Waals surface area (Å²) in [7, 11) is 0. The first-order valence-electron chi connectivity index (χ1n) is 23.9. The molecule has 8 aromatic carbocycles. The molecule has 0 aromatic heterocycles. The van der Waals surface area contributed by atoms with Gasteiger partial charge in [0.25, 0.3) is 0 Å². The monoisotopic (exact) mass is 824 g/mol. The lowest BCUT2D eigenvalue weighted by Gasteiger charge is -2.61. The molecule has 0 N–H and O–H groups in total. The summed E-state index contributed by atoms with van der Waals surface area (Å²) in [6.07, 6.45) is 6.96. The molecule has 2 spiro atoms. The first-order valence-corrected chi connectivity index (χ1v) is 23.9. The van der Waals surface area contributed by atoms with Crippen molar-refractivity contribution < 1.29 is 4.74 Å². The molecular weight excluding hydrogens is 773 g/mol. The van der Waals surface area contributed by atoms with Crippen LogP contribution in [0.25, 0.3) is 55.6 Å². The summed E-state index contributed by atoms with van der Waals surface area (Å²) in [4.78, 5) is 0. The Morgan fingerprint density at radius 3 is 1.56 bits per heavy atom. The Hall–Kier alpha value is -6.44. The molecule has 1 aliphatic heterocycles. The fraction of sp³-hybridized carbons (Fsp3) is 0.238. The van der Waals surface area contributed by atoms with Gasteiger partial charge in [0, 0.05) is 22.1 Å². The molecule has 15 rings (SSSR count). The van der Waals surface area contributed by atoms with Gasteiger partial charge in [-0.05, 0) is 174 Å². The van der Waals surface area contributed by atoms with E-state index in [-0.39, 0.29) is 5.41 Å². The summed E-state index contributed by atoms with van der Waals surface area (Å²) >= 11 is 0. The molecule has 1 heterocycles. The Kier molecular flexibility index (Phi) is 7.56. The van der Waals surface area contributed by atoms with Crippen LogP contribution in [0.15, 0.2) is 158 Å². The molecule has 8 aromatic rings. The summed E-state index contributed by atoms with van der Waals surface area (Å²) in [6, 6.07) is 61.1. The van der Waals surface area contributed by atoms with Gasteiger partial charge in [-0.15, -0.1) is 0 Å². The van der Waals surface area contributed by atoms with E-state index in [0.717, 1.165) is 23.3 Å². The van der Waals surface area contributed by atoms with Crippen LogP contribution in [0.3, 0.4) is 0 Å². The zero-order valence-corrected chi connectivity index (χ0v) is 37.3. The zero-order valence-electron chi connectivity index (χ0n) is 37.3. The van der Waals surface area contributed by atoms with Gasteiger partial charge in [0.2, 0.25) is 0 Å². The van der Waals surface area contributed by atoms with Crippen LogP contribution in [0.5, 0.6) is 11.5 Å². The van der Waals surface area contributed by atoms with Crippen molar-refractivity contribution in [2.24, 2.45) is 23.7 Å². The van der Waals surface area contributed by atoms with E-state index in [0.29, 0.717) is 11.8 Å². The Bertz CT molecular complexity index is 3170. The fourth-order valence-electron chi connectivity index (χ4n) is 14.8. The fourth-order valence-corrected chi connectivity index (χ4v) is 14.8. The highest BCUT2D eigenvalue weighted by Crippen LogP contribution is 2.71. The maximum absolute atomic E-state index is 7.47. The van der Waals surface area contributed by atoms with Crippen molar-refractivity contribution in [3.05, 3.63) is 213 Å². The van der Waals surface area contributed by atoms with Crippen molar-refractivity contribution in [1.29, 1.82) is 0 Å². The number of benzene rings is 8. The second-order valence-electron chi connectivity index (χ2n) is 20.7. The van der Waals surface area contributed by atoms with E-state index < -0.39 is 5.41 Å². The average Bonchev–Trinajstić information content (AvgIpc) is 3.74. The molecule has 64 heavy (non-hydrogen) atoms. The highest BCUT2D eigenvalue weighted by molar-refractivity contribution is 5.98. The van der Waals surface area contributed by atoms with Gasteiger partial charge in [0.1, 0.15) is 11.5 Å². The van der Waals surface area contributed by atoms with Crippen molar-refractivity contribution in [1.82, 2.24) is 0 Å². The number of para-hydroxylation sites is 2. The standard InChI is InChI=1S/C63H52O/c1-36-12-17-42(18-13-36)44-21-24-48-49-25-22-45(43-19-14-37(2)15-20-43)35-57(49)63(56(48)34-44)53-9-5-6-11-59(53)64-61-50(8-7-10-54(61)63)52-26-39(4)28-58-60(52)51-23-16-38(3)27-55(51)62(58)46-30-40-29-41(32-46)33-47(62)31-40/h5-28,34-35,40-41,46-47H,29-33H2,1-4H3. The molecule has 0 amide bonds. The lowest BCUT2D eigenvalue weighted by atomic mass is 9.43. The molecular formula is C63H52O. The summed E-state index contributed by atoms with van der Waals surface area (Å²) in [5, 5.41) is 0. The van der Waals surface area contributed by atoms with E-state index >= 15 is 0 Å². The highest BCUT2D eigenvalue weighted by Gasteiger charge is 2.62. The summed E-state index contributed by atoms with van der Waals surface area (Å²) in [5.74, 6) is 5.11. The normalized spacial score (nSPS) is 23.0. The smallest absolute Gasteiger partial charge is 0.140 e. The van der Waals surface area contributed by atoms with Crippen molar-refractivity contribution in [2.45, 2.75) is 70.6 Å². The number of hydrogen-bond donors (Lipinski definition) is 0.